The lowest BCUT2D eigenvalue weighted by atomic mass is 10.1. The third-order valence-corrected chi connectivity index (χ3v) is 5.65. The molecule has 1 rings (SSSR count). The number of aryl methyl sites for hydroxylation is 1. The number of benzene rings is 1. The maximum Gasteiger partial charge on any atom is 0.271 e. The normalized spacial score (nSPS) is 11.8. The Morgan fingerprint density at radius 2 is 1.95 bits per heavy atom. The maximum absolute atomic E-state index is 12.5. The molecule has 0 spiro atoms. The van der Waals surface area contributed by atoms with Crippen molar-refractivity contribution in [3.05, 3.63) is 33.4 Å². The summed E-state index contributed by atoms with van der Waals surface area (Å²) in [4.78, 5) is 10.3. The van der Waals surface area contributed by atoms with E-state index in [1.165, 1.54) is 17.4 Å². The van der Waals surface area contributed by atoms with Crippen molar-refractivity contribution < 1.29 is 13.3 Å². The first-order valence-electron chi connectivity index (χ1n) is 5.99. The largest absolute Gasteiger partial charge is 0.271 e. The third kappa shape index (κ3) is 3.56. The molecule has 112 valence electrons. The van der Waals surface area contributed by atoms with Crippen LogP contribution >= 0.6 is 15.9 Å². The molecule has 0 amide bonds. The highest BCUT2D eigenvalue weighted by molar-refractivity contribution is 9.09. The summed E-state index contributed by atoms with van der Waals surface area (Å²) in [5.41, 5.74) is 0.925. The number of nitro groups is 1. The lowest BCUT2D eigenvalue weighted by molar-refractivity contribution is -0.385. The molecule has 0 atom stereocenters. The van der Waals surface area contributed by atoms with E-state index in [9.17, 15) is 18.5 Å². The first kappa shape index (κ1) is 17.1. The molecular weight excluding hydrogens is 348 g/mol. The van der Waals surface area contributed by atoms with Crippen molar-refractivity contribution in [3.63, 3.8) is 0 Å². The van der Waals surface area contributed by atoms with Gasteiger partial charge in [-0.3, -0.25) is 10.1 Å². The van der Waals surface area contributed by atoms with Crippen LogP contribution in [0.25, 0.3) is 0 Å². The number of alkyl halides is 1. The van der Waals surface area contributed by atoms with Crippen LogP contribution in [0.3, 0.4) is 0 Å². The Kier molecular flexibility index (Phi) is 5.67. The van der Waals surface area contributed by atoms with Crippen LogP contribution in [-0.4, -0.2) is 36.6 Å². The lowest BCUT2D eigenvalue weighted by Crippen LogP contribution is -2.29. The fraction of sp³-hybridized carbons (Fsp3) is 0.500. The molecular formula is C12H17BrN2O4S. The van der Waals surface area contributed by atoms with Gasteiger partial charge in [-0.05, 0) is 31.4 Å². The van der Waals surface area contributed by atoms with Crippen LogP contribution in [0.15, 0.2) is 17.0 Å². The van der Waals surface area contributed by atoms with Crippen molar-refractivity contribution in [2.45, 2.75) is 25.2 Å². The van der Waals surface area contributed by atoms with E-state index in [0.717, 1.165) is 6.07 Å². The van der Waals surface area contributed by atoms with Gasteiger partial charge in [-0.2, -0.15) is 0 Å². The van der Waals surface area contributed by atoms with Gasteiger partial charge in [0.25, 0.3) is 5.69 Å². The average molecular weight is 365 g/mol. The van der Waals surface area contributed by atoms with Crippen LogP contribution in [0.4, 0.5) is 5.69 Å². The van der Waals surface area contributed by atoms with Crippen LogP contribution < -0.4 is 0 Å². The minimum atomic E-state index is -3.71. The van der Waals surface area contributed by atoms with E-state index in [0.29, 0.717) is 29.4 Å². The van der Waals surface area contributed by atoms with Gasteiger partial charge in [0.15, 0.2) is 0 Å². The topological polar surface area (TPSA) is 80.5 Å². The molecule has 0 N–H and O–H groups in total. The number of sulfonamides is 1. The van der Waals surface area contributed by atoms with E-state index in [1.54, 1.807) is 13.8 Å². The van der Waals surface area contributed by atoms with Crippen LogP contribution in [-0.2, 0) is 10.0 Å². The number of hydrogen-bond donors (Lipinski definition) is 0. The molecule has 0 aliphatic carbocycles. The minimum Gasteiger partial charge on any atom is -0.258 e. The summed E-state index contributed by atoms with van der Waals surface area (Å²) in [7, 11) is -2.23. The third-order valence-electron chi connectivity index (χ3n) is 3.11. The predicted molar refractivity (Wildman–Crippen MR) is 80.8 cm³/mol. The van der Waals surface area contributed by atoms with E-state index < -0.39 is 14.9 Å². The molecule has 0 fully saturated rings. The number of hydrogen-bond acceptors (Lipinski definition) is 4. The summed E-state index contributed by atoms with van der Waals surface area (Å²) in [6.07, 6.45) is 0.669. The molecule has 0 heterocycles. The number of nitro benzene ring substituents is 1. The van der Waals surface area contributed by atoms with Crippen molar-refractivity contribution in [2.24, 2.45) is 0 Å². The lowest BCUT2D eigenvalue weighted by Gasteiger charge is -2.18. The van der Waals surface area contributed by atoms with Crippen molar-refractivity contribution in [1.82, 2.24) is 4.31 Å². The quantitative estimate of drug-likeness (QED) is 0.441. The van der Waals surface area contributed by atoms with Crippen LogP contribution in [0, 0.1) is 24.0 Å². The first-order chi connectivity index (χ1) is 9.21. The zero-order chi connectivity index (χ0) is 15.5. The van der Waals surface area contributed by atoms with E-state index in [-0.39, 0.29) is 10.6 Å². The Bertz CT molecular complexity index is 616. The van der Waals surface area contributed by atoms with E-state index in [2.05, 4.69) is 15.9 Å². The Hall–Kier alpha value is -0.990. The fourth-order valence-corrected chi connectivity index (χ4v) is 3.53. The first-order valence-corrected chi connectivity index (χ1v) is 8.56. The molecule has 0 bridgehead atoms. The van der Waals surface area contributed by atoms with Gasteiger partial charge >= 0.3 is 0 Å². The Balaban J connectivity index is 3.34. The number of halogens is 1. The monoisotopic (exact) mass is 364 g/mol. The number of nitrogens with zero attached hydrogens (tertiary/aromatic N) is 2. The second-order valence-corrected chi connectivity index (χ2v) is 7.32. The second-order valence-electron chi connectivity index (χ2n) is 4.51. The van der Waals surface area contributed by atoms with Crippen LogP contribution in [0.5, 0.6) is 0 Å². The van der Waals surface area contributed by atoms with Crippen molar-refractivity contribution in [2.75, 3.05) is 18.9 Å². The Labute approximate surface area is 127 Å². The second kappa shape index (κ2) is 6.64. The Morgan fingerprint density at radius 1 is 1.35 bits per heavy atom. The van der Waals surface area contributed by atoms with Crippen molar-refractivity contribution in [1.29, 1.82) is 0 Å². The predicted octanol–water partition coefficient (Wildman–Crippen LogP) is 2.62. The van der Waals surface area contributed by atoms with Gasteiger partial charge in [-0.25, -0.2) is 12.7 Å². The highest BCUT2D eigenvalue weighted by Gasteiger charge is 2.26. The number of rotatable bonds is 6. The molecule has 1 aromatic carbocycles. The van der Waals surface area contributed by atoms with E-state index in [4.69, 9.17) is 0 Å². The molecule has 0 radical (unpaired) electrons. The van der Waals surface area contributed by atoms with Gasteiger partial charge in [0, 0.05) is 31.1 Å². The summed E-state index contributed by atoms with van der Waals surface area (Å²) < 4.78 is 26.2. The van der Waals surface area contributed by atoms with E-state index in [1.807, 2.05) is 0 Å². The smallest absolute Gasteiger partial charge is 0.258 e. The van der Waals surface area contributed by atoms with E-state index >= 15 is 0 Å². The summed E-state index contributed by atoms with van der Waals surface area (Å²) in [6.45, 7) is 3.68. The highest BCUT2D eigenvalue weighted by Crippen LogP contribution is 2.27. The average Bonchev–Trinajstić information content (AvgIpc) is 2.38. The van der Waals surface area contributed by atoms with Gasteiger partial charge in [-0.15, -0.1) is 0 Å². The molecule has 1 aromatic rings. The Morgan fingerprint density at radius 3 is 2.45 bits per heavy atom. The molecule has 0 aliphatic heterocycles. The van der Waals surface area contributed by atoms with Gasteiger partial charge in [0.2, 0.25) is 10.0 Å². The molecule has 20 heavy (non-hydrogen) atoms. The summed E-state index contributed by atoms with van der Waals surface area (Å²) in [6, 6.07) is 2.51. The molecule has 0 saturated carbocycles. The molecule has 0 aromatic heterocycles. The molecule has 6 nitrogen and oxygen atoms in total. The molecule has 0 aliphatic rings. The minimum absolute atomic E-state index is 0.00118. The highest BCUT2D eigenvalue weighted by atomic mass is 79.9. The van der Waals surface area contributed by atoms with Crippen LogP contribution in [0.1, 0.15) is 17.5 Å². The molecule has 0 saturated heterocycles. The van der Waals surface area contributed by atoms with Gasteiger partial charge < -0.3 is 0 Å². The molecule has 8 heteroatoms. The summed E-state index contributed by atoms with van der Waals surface area (Å²) in [5.74, 6) is 0. The standard InChI is InChI=1S/C12H17BrN2O4S/c1-9-7-11(15(16)17)8-12(10(9)2)20(18,19)14(3)6-4-5-13/h7-8H,4-6H2,1-3H3. The summed E-state index contributed by atoms with van der Waals surface area (Å²) >= 11 is 3.25. The maximum atomic E-state index is 12.5. The van der Waals surface area contributed by atoms with Gasteiger partial charge in [-0.1, -0.05) is 15.9 Å². The van der Waals surface area contributed by atoms with Crippen molar-refractivity contribution in [3.8, 4) is 0 Å². The zero-order valence-corrected chi connectivity index (χ0v) is 14.0. The SMILES string of the molecule is Cc1cc([N+](=O)[O-])cc(S(=O)(=O)N(C)CCCBr)c1C. The van der Waals surface area contributed by atoms with Crippen LogP contribution in [0.2, 0.25) is 0 Å². The summed E-state index contributed by atoms with van der Waals surface area (Å²) in [5, 5.41) is 11.6. The number of non-ortho nitro benzene ring substituents is 1. The zero-order valence-electron chi connectivity index (χ0n) is 11.6. The van der Waals surface area contributed by atoms with Crippen molar-refractivity contribution >= 4 is 31.6 Å². The van der Waals surface area contributed by atoms with Gasteiger partial charge in [0.05, 0.1) is 9.82 Å². The molecule has 0 unspecified atom stereocenters. The fourth-order valence-electron chi connectivity index (χ4n) is 1.75. The van der Waals surface area contributed by atoms with Gasteiger partial charge in [0.1, 0.15) is 0 Å².